The summed E-state index contributed by atoms with van der Waals surface area (Å²) in [6, 6.07) is 10.3. The van der Waals surface area contributed by atoms with Crippen LogP contribution in [0.15, 0.2) is 36.4 Å². The first-order valence-corrected chi connectivity index (χ1v) is 11.3. The quantitative estimate of drug-likeness (QED) is 0.616. The highest BCUT2D eigenvalue weighted by Gasteiger charge is 2.49. The molecule has 2 saturated heterocycles. The molecule has 3 unspecified atom stereocenters. The van der Waals surface area contributed by atoms with Gasteiger partial charge >= 0.3 is 6.18 Å². The molecule has 3 atom stereocenters. The first kappa shape index (κ1) is 22.8. The molecule has 4 nitrogen and oxygen atoms in total. The predicted octanol–water partition coefficient (Wildman–Crippen LogP) is 5.43. The number of likely N-dealkylation sites (tertiary alicyclic amines) is 1. The van der Waals surface area contributed by atoms with Crippen LogP contribution in [-0.2, 0) is 6.18 Å². The fourth-order valence-electron chi connectivity index (χ4n) is 5.66. The molecule has 4 rings (SSSR count). The minimum atomic E-state index is -4.57. The largest absolute Gasteiger partial charge is 0.418 e. The number of quaternary nitrogens is 1. The van der Waals surface area contributed by atoms with Gasteiger partial charge in [0.25, 0.3) is 5.91 Å². The molecule has 2 aliphatic heterocycles. The van der Waals surface area contributed by atoms with Crippen molar-refractivity contribution >= 4 is 17.3 Å². The average Bonchev–Trinajstić information content (AvgIpc) is 3.37. The maximum absolute atomic E-state index is 14.1. The van der Waals surface area contributed by atoms with Crippen molar-refractivity contribution in [2.75, 3.05) is 25.0 Å². The van der Waals surface area contributed by atoms with Crippen LogP contribution < -0.4 is 15.1 Å². The van der Waals surface area contributed by atoms with E-state index in [1.807, 2.05) is 13.0 Å². The van der Waals surface area contributed by atoms with Gasteiger partial charge in [-0.25, -0.2) is 0 Å². The first-order valence-electron chi connectivity index (χ1n) is 11.3. The molecule has 2 N–H and O–H groups in total. The number of nitrogens with zero attached hydrogens (tertiary/aromatic N) is 1. The summed E-state index contributed by atoms with van der Waals surface area (Å²) in [5.74, 6) is -0.529. The van der Waals surface area contributed by atoms with E-state index in [4.69, 9.17) is 0 Å². The summed E-state index contributed by atoms with van der Waals surface area (Å²) < 4.78 is 43.0. The Hall–Kier alpha value is -2.38. The molecule has 0 spiro atoms. The lowest BCUT2D eigenvalue weighted by molar-refractivity contribution is -0.137. The summed E-state index contributed by atoms with van der Waals surface area (Å²) in [7, 11) is 0. The monoisotopic (exact) mass is 446 g/mol. The van der Waals surface area contributed by atoms with Crippen molar-refractivity contribution in [3.05, 3.63) is 58.7 Å². The predicted molar refractivity (Wildman–Crippen MR) is 122 cm³/mol. The Bertz CT molecular complexity index is 1010. The van der Waals surface area contributed by atoms with Gasteiger partial charge in [-0.1, -0.05) is 17.7 Å². The molecule has 7 heteroatoms. The number of halogens is 3. The van der Waals surface area contributed by atoms with Gasteiger partial charge in [0.05, 0.1) is 23.8 Å². The number of aryl methyl sites for hydroxylation is 2. The molecule has 0 aromatic heterocycles. The maximum atomic E-state index is 14.1. The Labute approximate surface area is 187 Å². The number of hydrogen-bond acceptors (Lipinski definition) is 2. The summed E-state index contributed by atoms with van der Waals surface area (Å²) >= 11 is 0. The normalized spacial score (nSPS) is 25.8. The van der Waals surface area contributed by atoms with E-state index in [-0.39, 0.29) is 17.8 Å². The minimum absolute atomic E-state index is 0.194. The highest BCUT2D eigenvalue weighted by molar-refractivity contribution is 6.05. The van der Waals surface area contributed by atoms with Gasteiger partial charge in [-0.3, -0.25) is 9.28 Å². The standard InChI is InChI=1S/C25H30F3N3O/c1-16-6-8-21(17(2)13-16)24(32)30-23-9-7-19(14-22(23)25(26,27)28)31(12-4-5-18(31)3)20-10-11-29-15-20/h6-9,13-14,18,20,29H,4-5,10-12,15H2,1-3H3/p+1. The number of carbonyl (C=O) groups excluding carboxylic acids is 1. The molecule has 2 fully saturated rings. The number of carbonyl (C=O) groups is 1. The lowest BCUT2D eigenvalue weighted by atomic mass is 10.0. The number of anilines is 1. The molecular formula is C25H31F3N3O+. The van der Waals surface area contributed by atoms with Crippen molar-refractivity contribution in [1.82, 2.24) is 9.80 Å². The van der Waals surface area contributed by atoms with Crippen molar-refractivity contribution in [1.29, 1.82) is 0 Å². The van der Waals surface area contributed by atoms with Crippen LogP contribution in [0.4, 0.5) is 24.5 Å². The molecule has 0 radical (unpaired) electrons. The maximum Gasteiger partial charge on any atom is 0.418 e. The third-order valence-electron chi connectivity index (χ3n) is 7.29. The average molecular weight is 447 g/mol. The number of amides is 1. The lowest BCUT2D eigenvalue weighted by Gasteiger charge is -2.43. The second-order valence-corrected chi connectivity index (χ2v) is 9.29. The Morgan fingerprint density at radius 2 is 1.91 bits per heavy atom. The molecule has 0 saturated carbocycles. The van der Waals surface area contributed by atoms with Gasteiger partial charge in [0.1, 0.15) is 11.7 Å². The second-order valence-electron chi connectivity index (χ2n) is 9.29. The van der Waals surface area contributed by atoms with Crippen molar-refractivity contribution in [3.63, 3.8) is 0 Å². The second kappa shape index (κ2) is 8.52. The molecule has 2 heterocycles. The van der Waals surface area contributed by atoms with E-state index >= 15 is 0 Å². The van der Waals surface area contributed by atoms with Crippen LogP contribution in [-0.4, -0.2) is 37.6 Å². The van der Waals surface area contributed by atoms with Crippen LogP contribution in [0.25, 0.3) is 0 Å². The van der Waals surface area contributed by atoms with Gasteiger partial charge < -0.3 is 10.6 Å². The molecule has 0 bridgehead atoms. The van der Waals surface area contributed by atoms with Crippen LogP contribution in [0.2, 0.25) is 0 Å². The zero-order valence-electron chi connectivity index (χ0n) is 18.9. The van der Waals surface area contributed by atoms with Crippen LogP contribution in [0, 0.1) is 13.8 Å². The number of nitrogens with one attached hydrogen (secondary N) is 2. The topological polar surface area (TPSA) is 41.1 Å². The van der Waals surface area contributed by atoms with E-state index in [1.54, 1.807) is 25.1 Å². The molecule has 2 aromatic rings. The summed E-state index contributed by atoms with van der Waals surface area (Å²) in [6.45, 7) is 8.40. The van der Waals surface area contributed by atoms with Gasteiger partial charge in [-0.05, 0) is 38.5 Å². The Kier molecular flexibility index (Phi) is 6.07. The van der Waals surface area contributed by atoms with Gasteiger partial charge in [0, 0.05) is 50.0 Å². The lowest BCUT2D eigenvalue weighted by Crippen LogP contribution is -2.59. The highest BCUT2D eigenvalue weighted by Crippen LogP contribution is 2.44. The fraction of sp³-hybridized carbons (Fsp3) is 0.480. The number of rotatable bonds is 4. The highest BCUT2D eigenvalue weighted by atomic mass is 19.4. The van der Waals surface area contributed by atoms with Gasteiger partial charge in [-0.2, -0.15) is 13.2 Å². The molecule has 0 aliphatic carbocycles. The van der Waals surface area contributed by atoms with E-state index < -0.39 is 17.6 Å². The van der Waals surface area contributed by atoms with E-state index in [9.17, 15) is 18.0 Å². The van der Waals surface area contributed by atoms with Crippen molar-refractivity contribution in [3.8, 4) is 0 Å². The molecule has 32 heavy (non-hydrogen) atoms. The molecule has 2 aliphatic rings. The minimum Gasteiger partial charge on any atom is -0.321 e. The van der Waals surface area contributed by atoms with Crippen LogP contribution in [0.1, 0.15) is 53.2 Å². The molecule has 1 amide bonds. The number of hydrogen-bond donors (Lipinski definition) is 2. The van der Waals surface area contributed by atoms with Crippen LogP contribution >= 0.6 is 0 Å². The summed E-state index contributed by atoms with van der Waals surface area (Å²) in [6.07, 6.45) is -1.61. The van der Waals surface area contributed by atoms with Gasteiger partial charge in [0.15, 0.2) is 0 Å². The number of alkyl halides is 3. The van der Waals surface area contributed by atoms with Gasteiger partial charge in [0.2, 0.25) is 0 Å². The third-order valence-corrected chi connectivity index (χ3v) is 7.29. The number of benzene rings is 2. The molecule has 172 valence electrons. The van der Waals surface area contributed by atoms with Crippen molar-refractivity contribution in [2.45, 2.75) is 58.3 Å². The van der Waals surface area contributed by atoms with E-state index in [1.165, 1.54) is 12.1 Å². The summed E-state index contributed by atoms with van der Waals surface area (Å²) in [5.41, 5.74) is 1.82. The Morgan fingerprint density at radius 1 is 1.12 bits per heavy atom. The van der Waals surface area contributed by atoms with Crippen LogP contribution in [0.5, 0.6) is 0 Å². The van der Waals surface area contributed by atoms with E-state index in [0.717, 1.165) is 50.0 Å². The summed E-state index contributed by atoms with van der Waals surface area (Å²) in [4.78, 5) is 12.8. The van der Waals surface area contributed by atoms with Gasteiger partial charge in [-0.15, -0.1) is 0 Å². The van der Waals surface area contributed by atoms with Crippen LogP contribution in [0.3, 0.4) is 0 Å². The van der Waals surface area contributed by atoms with Crippen molar-refractivity contribution in [2.24, 2.45) is 0 Å². The zero-order valence-corrected chi connectivity index (χ0v) is 18.9. The molecular weight excluding hydrogens is 415 g/mol. The van der Waals surface area contributed by atoms with E-state index in [2.05, 4.69) is 17.6 Å². The smallest absolute Gasteiger partial charge is 0.321 e. The Balaban J connectivity index is 1.73. The SMILES string of the molecule is Cc1ccc(C(=O)Nc2ccc([N+]3(C4CCNC4)CCCC3C)cc2C(F)(F)F)c(C)c1. The Morgan fingerprint density at radius 3 is 2.50 bits per heavy atom. The summed E-state index contributed by atoms with van der Waals surface area (Å²) in [5, 5.41) is 5.91. The zero-order chi connectivity index (χ0) is 23.1. The first-order chi connectivity index (χ1) is 15.1. The third kappa shape index (κ3) is 4.04. The van der Waals surface area contributed by atoms with Crippen molar-refractivity contribution < 1.29 is 18.0 Å². The van der Waals surface area contributed by atoms with E-state index in [0.29, 0.717) is 15.7 Å². The fourth-order valence-corrected chi connectivity index (χ4v) is 5.66. The molecule has 2 aromatic carbocycles.